The zero-order valence-electron chi connectivity index (χ0n) is 8.24. The fourth-order valence-electron chi connectivity index (χ4n) is 1.24. The number of nitrogens with two attached hydrogens (primary N) is 1. The first-order chi connectivity index (χ1) is 6.97. The third-order valence-corrected chi connectivity index (χ3v) is 2.20. The highest BCUT2D eigenvalue weighted by Crippen LogP contribution is 2.22. The summed E-state index contributed by atoms with van der Waals surface area (Å²) in [6.07, 6.45) is -2.70. The van der Waals surface area contributed by atoms with Crippen molar-refractivity contribution in [2.75, 3.05) is 6.54 Å². The lowest BCUT2D eigenvalue weighted by molar-refractivity contribution is 0.0221. The lowest BCUT2D eigenvalue weighted by Gasteiger charge is -2.17. The van der Waals surface area contributed by atoms with E-state index in [-0.39, 0.29) is 17.7 Å². The number of hydrogen-bond acceptors (Lipinski definition) is 3. The predicted octanol–water partition coefficient (Wildman–Crippen LogP) is 0.626. The molecule has 84 valence electrons. The summed E-state index contributed by atoms with van der Waals surface area (Å²) in [6, 6.07) is 1.84. The Hall–Kier alpha value is -1.04. The number of hydrogen-bond donors (Lipinski definition) is 3. The molecule has 0 saturated carbocycles. The van der Waals surface area contributed by atoms with E-state index in [0.717, 1.165) is 6.07 Å². The highest BCUT2D eigenvalue weighted by Gasteiger charge is 2.21. The van der Waals surface area contributed by atoms with Crippen molar-refractivity contribution in [1.29, 1.82) is 0 Å². The van der Waals surface area contributed by atoms with Crippen molar-refractivity contribution >= 4 is 0 Å². The van der Waals surface area contributed by atoms with Gasteiger partial charge in [0, 0.05) is 18.2 Å². The second-order valence-corrected chi connectivity index (χ2v) is 3.37. The summed E-state index contributed by atoms with van der Waals surface area (Å²) in [4.78, 5) is 0. The van der Waals surface area contributed by atoms with E-state index in [4.69, 9.17) is 5.73 Å². The van der Waals surface area contributed by atoms with E-state index < -0.39 is 23.8 Å². The number of aryl methyl sites for hydroxylation is 1. The van der Waals surface area contributed by atoms with Gasteiger partial charge in [-0.2, -0.15) is 0 Å². The van der Waals surface area contributed by atoms with Gasteiger partial charge in [-0.05, 0) is 18.6 Å². The van der Waals surface area contributed by atoms with Gasteiger partial charge in [0.25, 0.3) is 0 Å². The zero-order chi connectivity index (χ0) is 11.6. The van der Waals surface area contributed by atoms with Gasteiger partial charge in [0.15, 0.2) is 0 Å². The van der Waals surface area contributed by atoms with E-state index in [1.165, 1.54) is 6.92 Å². The maximum absolute atomic E-state index is 13.2. The minimum atomic E-state index is -1.44. The molecule has 0 amide bonds. The Labute approximate surface area is 86.2 Å². The molecule has 0 spiro atoms. The third kappa shape index (κ3) is 2.50. The molecular formula is C10H13F2NO2. The monoisotopic (exact) mass is 217 g/mol. The summed E-state index contributed by atoms with van der Waals surface area (Å²) in [5.74, 6) is -1.58. The topological polar surface area (TPSA) is 66.5 Å². The first kappa shape index (κ1) is 12.0. The Kier molecular flexibility index (Phi) is 3.73. The molecule has 5 heteroatoms. The number of aliphatic hydroxyl groups excluding tert-OH is 2. The first-order valence-electron chi connectivity index (χ1n) is 4.49. The number of aliphatic hydroxyl groups is 2. The molecule has 0 saturated heterocycles. The summed E-state index contributed by atoms with van der Waals surface area (Å²) >= 11 is 0. The van der Waals surface area contributed by atoms with Gasteiger partial charge in [0.1, 0.15) is 17.7 Å². The molecule has 1 rings (SSSR count). The van der Waals surface area contributed by atoms with Gasteiger partial charge >= 0.3 is 0 Å². The van der Waals surface area contributed by atoms with Gasteiger partial charge in [-0.15, -0.1) is 0 Å². The van der Waals surface area contributed by atoms with E-state index >= 15 is 0 Å². The molecule has 1 aromatic carbocycles. The van der Waals surface area contributed by atoms with E-state index in [0.29, 0.717) is 6.07 Å². The van der Waals surface area contributed by atoms with Gasteiger partial charge < -0.3 is 15.9 Å². The lowest BCUT2D eigenvalue weighted by atomic mass is 10.0. The van der Waals surface area contributed by atoms with E-state index in [9.17, 15) is 19.0 Å². The average molecular weight is 217 g/mol. The van der Waals surface area contributed by atoms with E-state index in [1.54, 1.807) is 0 Å². The summed E-state index contributed by atoms with van der Waals surface area (Å²) in [6.45, 7) is 1.25. The molecule has 0 aromatic heterocycles. The van der Waals surface area contributed by atoms with Crippen LogP contribution in [-0.2, 0) is 0 Å². The van der Waals surface area contributed by atoms with Gasteiger partial charge in [0.2, 0.25) is 0 Å². The number of halogens is 2. The van der Waals surface area contributed by atoms with Gasteiger partial charge in [-0.3, -0.25) is 0 Å². The molecule has 2 atom stereocenters. The molecule has 0 radical (unpaired) electrons. The van der Waals surface area contributed by atoms with Crippen molar-refractivity contribution in [2.24, 2.45) is 5.73 Å². The van der Waals surface area contributed by atoms with Crippen LogP contribution in [0.4, 0.5) is 8.78 Å². The maximum Gasteiger partial charge on any atom is 0.132 e. The SMILES string of the molecule is Cc1cc(C(O)C(O)CN)c(F)cc1F. The minimum Gasteiger partial charge on any atom is -0.389 e. The van der Waals surface area contributed by atoms with Crippen molar-refractivity contribution < 1.29 is 19.0 Å². The Balaban J connectivity index is 3.09. The van der Waals surface area contributed by atoms with Crippen molar-refractivity contribution in [3.05, 3.63) is 34.9 Å². The second kappa shape index (κ2) is 4.65. The van der Waals surface area contributed by atoms with Crippen LogP contribution in [0.3, 0.4) is 0 Å². The van der Waals surface area contributed by atoms with Crippen LogP contribution in [-0.4, -0.2) is 22.9 Å². The molecule has 0 fully saturated rings. The van der Waals surface area contributed by atoms with Crippen LogP contribution in [0.1, 0.15) is 17.2 Å². The van der Waals surface area contributed by atoms with Crippen molar-refractivity contribution in [2.45, 2.75) is 19.1 Å². The quantitative estimate of drug-likeness (QED) is 0.695. The zero-order valence-corrected chi connectivity index (χ0v) is 8.24. The lowest BCUT2D eigenvalue weighted by Crippen LogP contribution is -2.27. The third-order valence-electron chi connectivity index (χ3n) is 2.20. The smallest absolute Gasteiger partial charge is 0.132 e. The summed E-state index contributed by atoms with van der Waals surface area (Å²) < 4.78 is 26.1. The van der Waals surface area contributed by atoms with E-state index in [2.05, 4.69) is 0 Å². The summed E-state index contributed by atoms with van der Waals surface area (Å²) in [5.41, 5.74) is 5.18. The summed E-state index contributed by atoms with van der Waals surface area (Å²) in [7, 11) is 0. The van der Waals surface area contributed by atoms with Crippen molar-refractivity contribution in [3.8, 4) is 0 Å². The Morgan fingerprint density at radius 2 is 1.87 bits per heavy atom. The van der Waals surface area contributed by atoms with Crippen molar-refractivity contribution in [3.63, 3.8) is 0 Å². The fourth-order valence-corrected chi connectivity index (χ4v) is 1.24. The second-order valence-electron chi connectivity index (χ2n) is 3.37. The van der Waals surface area contributed by atoms with Gasteiger partial charge in [-0.1, -0.05) is 0 Å². The fraction of sp³-hybridized carbons (Fsp3) is 0.400. The van der Waals surface area contributed by atoms with Crippen LogP contribution < -0.4 is 5.73 Å². The van der Waals surface area contributed by atoms with Crippen molar-refractivity contribution in [1.82, 2.24) is 0 Å². The molecule has 3 nitrogen and oxygen atoms in total. The van der Waals surface area contributed by atoms with Gasteiger partial charge in [0.05, 0.1) is 6.10 Å². The normalized spacial score (nSPS) is 15.1. The highest BCUT2D eigenvalue weighted by atomic mass is 19.1. The maximum atomic E-state index is 13.2. The number of benzene rings is 1. The molecule has 15 heavy (non-hydrogen) atoms. The van der Waals surface area contributed by atoms with E-state index in [1.807, 2.05) is 0 Å². The first-order valence-corrected chi connectivity index (χ1v) is 4.49. The summed E-state index contributed by atoms with van der Waals surface area (Å²) in [5, 5.41) is 18.7. The van der Waals surface area contributed by atoms with Crippen LogP contribution >= 0.6 is 0 Å². The molecule has 0 heterocycles. The molecule has 0 aliphatic heterocycles. The molecule has 0 bridgehead atoms. The minimum absolute atomic E-state index is 0.146. The molecule has 4 N–H and O–H groups in total. The van der Waals surface area contributed by atoms with Crippen LogP contribution in [0.2, 0.25) is 0 Å². The average Bonchev–Trinajstić information content (AvgIpc) is 2.21. The van der Waals surface area contributed by atoms with Crippen LogP contribution in [0, 0.1) is 18.6 Å². The predicted molar refractivity (Wildman–Crippen MR) is 51.1 cm³/mol. The van der Waals surface area contributed by atoms with Crippen LogP contribution in [0.15, 0.2) is 12.1 Å². The van der Waals surface area contributed by atoms with Gasteiger partial charge in [-0.25, -0.2) is 8.78 Å². The molecule has 2 unspecified atom stereocenters. The molecule has 0 aliphatic carbocycles. The Morgan fingerprint density at radius 3 is 2.40 bits per heavy atom. The largest absolute Gasteiger partial charge is 0.389 e. The Morgan fingerprint density at radius 1 is 1.27 bits per heavy atom. The number of rotatable bonds is 3. The standard InChI is InChI=1S/C10H13F2NO2/c1-5-2-6(8(12)3-7(5)11)10(15)9(14)4-13/h2-3,9-10,14-15H,4,13H2,1H3. The Bertz CT molecular complexity index is 358. The molecular weight excluding hydrogens is 204 g/mol. The van der Waals surface area contributed by atoms with Crippen LogP contribution in [0.5, 0.6) is 0 Å². The molecule has 1 aromatic rings. The van der Waals surface area contributed by atoms with Crippen LogP contribution in [0.25, 0.3) is 0 Å². The highest BCUT2D eigenvalue weighted by molar-refractivity contribution is 5.28. The molecule has 0 aliphatic rings.